The lowest BCUT2D eigenvalue weighted by molar-refractivity contribution is 0.0953. The summed E-state index contributed by atoms with van der Waals surface area (Å²) in [5, 5.41) is 7.21. The largest absolute Gasteiger partial charge is 0.497 e. The number of rotatable bonds is 6. The molecule has 2 amide bonds. The van der Waals surface area contributed by atoms with Gasteiger partial charge in [-0.05, 0) is 56.2 Å². The highest BCUT2D eigenvalue weighted by atomic mass is 79.9. The third-order valence-corrected chi connectivity index (χ3v) is 6.12. The van der Waals surface area contributed by atoms with Crippen molar-refractivity contribution in [2.75, 3.05) is 19.5 Å². The van der Waals surface area contributed by atoms with Crippen molar-refractivity contribution in [3.63, 3.8) is 0 Å². The minimum absolute atomic E-state index is 0.205. The first-order valence-corrected chi connectivity index (χ1v) is 11.5. The van der Waals surface area contributed by atoms with Crippen LogP contribution in [0.4, 0.5) is 5.69 Å². The summed E-state index contributed by atoms with van der Waals surface area (Å²) in [6.07, 6.45) is 2.16. The molecule has 0 bridgehead atoms. The number of halogens is 1. The highest BCUT2D eigenvalue weighted by Gasteiger charge is 2.28. The van der Waals surface area contributed by atoms with E-state index >= 15 is 0 Å². The van der Waals surface area contributed by atoms with Crippen LogP contribution in [0.25, 0.3) is 0 Å². The predicted octanol–water partition coefficient (Wildman–Crippen LogP) is 5.09. The Bertz CT molecular complexity index is 1260. The zero-order valence-corrected chi connectivity index (χ0v) is 20.6. The van der Waals surface area contributed by atoms with Crippen LogP contribution in [0.5, 0.6) is 11.5 Å². The smallest absolute Gasteiger partial charge is 0.291 e. The van der Waals surface area contributed by atoms with E-state index in [1.807, 2.05) is 6.92 Å². The number of carbonyl (C=O) groups is 2. The zero-order valence-electron chi connectivity index (χ0n) is 19.0. The van der Waals surface area contributed by atoms with Crippen molar-refractivity contribution < 1.29 is 23.5 Å². The Morgan fingerprint density at radius 2 is 1.79 bits per heavy atom. The van der Waals surface area contributed by atoms with E-state index in [1.54, 1.807) is 49.6 Å². The third-order valence-electron chi connectivity index (χ3n) is 5.59. The molecule has 8 nitrogen and oxygen atoms in total. The number of hydrazone groups is 1. The second kappa shape index (κ2) is 10.1. The van der Waals surface area contributed by atoms with Gasteiger partial charge in [-0.1, -0.05) is 15.9 Å². The second-order valence-corrected chi connectivity index (χ2v) is 8.65. The fourth-order valence-corrected chi connectivity index (χ4v) is 4.13. The molecule has 4 rings (SSSR count). The van der Waals surface area contributed by atoms with E-state index < -0.39 is 5.91 Å². The minimum atomic E-state index is -0.395. The molecule has 0 saturated carbocycles. The van der Waals surface area contributed by atoms with Gasteiger partial charge in [0.2, 0.25) is 0 Å². The molecule has 0 atom stereocenters. The number of aryl methyl sites for hydroxylation is 1. The Kier molecular flexibility index (Phi) is 7.02. The average molecular weight is 526 g/mol. The number of nitrogens with zero attached hydrogens (tertiary/aromatic N) is 1. The van der Waals surface area contributed by atoms with Gasteiger partial charge in [0.25, 0.3) is 11.8 Å². The van der Waals surface area contributed by atoms with E-state index in [1.165, 1.54) is 7.11 Å². The first kappa shape index (κ1) is 23.6. The van der Waals surface area contributed by atoms with Gasteiger partial charge in [-0.25, -0.2) is 5.43 Å². The number of hydrogen-bond acceptors (Lipinski definition) is 6. The Balaban J connectivity index is 1.56. The number of fused-ring (bicyclic) bond motifs is 1. The molecule has 0 fully saturated rings. The molecule has 0 saturated heterocycles. The molecule has 2 aromatic carbocycles. The first-order valence-electron chi connectivity index (χ1n) is 10.7. The lowest BCUT2D eigenvalue weighted by Crippen LogP contribution is -2.22. The molecule has 1 heterocycles. The van der Waals surface area contributed by atoms with E-state index in [0.717, 1.165) is 16.5 Å². The summed E-state index contributed by atoms with van der Waals surface area (Å²) in [6.45, 7) is 1.82. The maximum absolute atomic E-state index is 13.1. The number of amides is 2. The minimum Gasteiger partial charge on any atom is -0.497 e. The average Bonchev–Trinajstić information content (AvgIpc) is 3.20. The normalized spacial score (nSPS) is 13.8. The molecular weight excluding hydrogens is 502 g/mol. The van der Waals surface area contributed by atoms with Crippen LogP contribution in [0.15, 0.2) is 56.5 Å². The fourth-order valence-electron chi connectivity index (χ4n) is 3.86. The Labute approximate surface area is 205 Å². The molecule has 1 aliphatic rings. The lowest BCUT2D eigenvalue weighted by Gasteiger charge is -2.13. The van der Waals surface area contributed by atoms with Crippen LogP contribution in [-0.4, -0.2) is 31.7 Å². The van der Waals surface area contributed by atoms with Crippen LogP contribution in [0.3, 0.4) is 0 Å². The van der Waals surface area contributed by atoms with Crippen LogP contribution in [0.1, 0.15) is 50.6 Å². The van der Waals surface area contributed by atoms with Crippen molar-refractivity contribution >= 4 is 39.1 Å². The molecule has 34 heavy (non-hydrogen) atoms. The van der Waals surface area contributed by atoms with Gasteiger partial charge in [-0.15, -0.1) is 0 Å². The predicted molar refractivity (Wildman–Crippen MR) is 132 cm³/mol. The van der Waals surface area contributed by atoms with Crippen molar-refractivity contribution in [1.29, 1.82) is 0 Å². The Hall–Kier alpha value is -3.59. The summed E-state index contributed by atoms with van der Waals surface area (Å²) in [5.41, 5.74) is 5.76. The number of anilines is 1. The van der Waals surface area contributed by atoms with Gasteiger partial charge in [0, 0.05) is 33.7 Å². The summed E-state index contributed by atoms with van der Waals surface area (Å²) >= 11 is 3.36. The molecule has 1 aliphatic carbocycles. The maximum Gasteiger partial charge on any atom is 0.291 e. The highest BCUT2D eigenvalue weighted by molar-refractivity contribution is 9.10. The molecule has 0 radical (unpaired) electrons. The van der Waals surface area contributed by atoms with Crippen molar-refractivity contribution in [1.82, 2.24) is 5.43 Å². The zero-order chi connectivity index (χ0) is 24.2. The van der Waals surface area contributed by atoms with Gasteiger partial charge < -0.3 is 19.2 Å². The summed E-state index contributed by atoms with van der Waals surface area (Å²) in [5.74, 6) is 1.28. The monoisotopic (exact) mass is 525 g/mol. The number of benzene rings is 2. The number of nitrogens with one attached hydrogen (secondary N) is 2. The quantitative estimate of drug-likeness (QED) is 0.436. The molecule has 3 aromatic rings. The van der Waals surface area contributed by atoms with E-state index in [9.17, 15) is 9.59 Å². The van der Waals surface area contributed by atoms with Crippen molar-refractivity contribution in [3.8, 4) is 11.5 Å². The highest BCUT2D eigenvalue weighted by Crippen LogP contribution is 2.32. The number of hydrogen-bond donors (Lipinski definition) is 2. The lowest BCUT2D eigenvalue weighted by atomic mass is 9.93. The summed E-state index contributed by atoms with van der Waals surface area (Å²) in [6, 6.07) is 12.1. The summed E-state index contributed by atoms with van der Waals surface area (Å²) in [4.78, 5) is 25.5. The van der Waals surface area contributed by atoms with E-state index in [2.05, 4.69) is 31.8 Å². The van der Waals surface area contributed by atoms with Crippen LogP contribution < -0.4 is 20.2 Å². The van der Waals surface area contributed by atoms with Crippen LogP contribution >= 0.6 is 15.9 Å². The van der Waals surface area contributed by atoms with Crippen LogP contribution in [0, 0.1) is 6.92 Å². The third kappa shape index (κ3) is 4.84. The van der Waals surface area contributed by atoms with E-state index in [-0.39, 0.29) is 11.7 Å². The SMILES string of the molecule is COc1ccc(NC(=O)c2oc3c(c2C)/C(=N/NC(=O)c2ccc(Br)cc2)CCC3)c(OC)c1. The topological polar surface area (TPSA) is 102 Å². The maximum atomic E-state index is 13.1. The van der Waals surface area contributed by atoms with Crippen molar-refractivity contribution in [3.05, 3.63) is 75.1 Å². The van der Waals surface area contributed by atoms with Gasteiger partial charge in [0.05, 0.1) is 25.6 Å². The summed E-state index contributed by atoms with van der Waals surface area (Å²) in [7, 11) is 3.08. The molecule has 9 heteroatoms. The van der Waals surface area contributed by atoms with Crippen LogP contribution in [0.2, 0.25) is 0 Å². The fraction of sp³-hybridized carbons (Fsp3) is 0.240. The number of carbonyl (C=O) groups excluding carboxylic acids is 2. The number of furan rings is 1. The van der Waals surface area contributed by atoms with Gasteiger partial charge in [0.15, 0.2) is 5.76 Å². The van der Waals surface area contributed by atoms with Crippen molar-refractivity contribution in [2.24, 2.45) is 5.10 Å². The second-order valence-electron chi connectivity index (χ2n) is 7.73. The molecule has 1 aromatic heterocycles. The molecule has 0 spiro atoms. The first-order chi connectivity index (χ1) is 16.4. The molecule has 2 N–H and O–H groups in total. The van der Waals surface area contributed by atoms with Gasteiger partial charge in [-0.3, -0.25) is 9.59 Å². The van der Waals surface area contributed by atoms with Crippen LogP contribution in [-0.2, 0) is 6.42 Å². The van der Waals surface area contributed by atoms with E-state index in [0.29, 0.717) is 52.6 Å². The Morgan fingerprint density at radius 3 is 2.50 bits per heavy atom. The van der Waals surface area contributed by atoms with Crippen molar-refractivity contribution in [2.45, 2.75) is 26.2 Å². The number of ether oxygens (including phenoxy) is 2. The van der Waals surface area contributed by atoms with Gasteiger partial charge in [0.1, 0.15) is 17.3 Å². The molecule has 176 valence electrons. The molecular formula is C25H24BrN3O5. The number of methoxy groups -OCH3 is 2. The summed E-state index contributed by atoms with van der Waals surface area (Å²) < 4.78 is 17.4. The van der Waals surface area contributed by atoms with E-state index in [4.69, 9.17) is 13.9 Å². The molecule has 0 aliphatic heterocycles. The van der Waals surface area contributed by atoms with Gasteiger partial charge in [-0.2, -0.15) is 5.10 Å². The molecule has 0 unspecified atom stereocenters. The Morgan fingerprint density at radius 1 is 1.03 bits per heavy atom. The standard InChI is InChI=1S/C25H24BrN3O5/c1-14-22-19(28-29-24(30)15-7-9-16(26)10-8-15)5-4-6-20(22)34-23(14)25(31)27-18-12-11-17(32-2)13-21(18)33-3/h7-13H,4-6H2,1-3H3,(H,27,31)(H,29,30)/b28-19+. The van der Waals surface area contributed by atoms with Gasteiger partial charge >= 0.3 is 0 Å².